The van der Waals surface area contributed by atoms with Crippen molar-refractivity contribution in [3.8, 4) is 12.3 Å². The largest absolute Gasteiger partial charge is 0.354 e. The molecule has 0 aromatic heterocycles. The summed E-state index contributed by atoms with van der Waals surface area (Å²) in [5, 5.41) is 3.58. The molecule has 0 bridgehead atoms. The van der Waals surface area contributed by atoms with Crippen LogP contribution in [0, 0.1) is 18.9 Å². The summed E-state index contributed by atoms with van der Waals surface area (Å²) in [6.45, 7) is 10.3. The second kappa shape index (κ2) is 9.74. The van der Waals surface area contributed by atoms with Crippen LogP contribution < -0.4 is 5.32 Å². The van der Waals surface area contributed by atoms with Crippen molar-refractivity contribution in [2.45, 2.75) is 45.6 Å². The molecule has 0 aromatic rings. The number of hydrogen-bond donors (Lipinski definition) is 1. The van der Waals surface area contributed by atoms with Gasteiger partial charge in [-0.15, -0.1) is 6.42 Å². The van der Waals surface area contributed by atoms with Gasteiger partial charge >= 0.3 is 0 Å². The summed E-state index contributed by atoms with van der Waals surface area (Å²) in [7, 11) is 0. The lowest BCUT2D eigenvalue weighted by atomic mass is 9.90. The van der Waals surface area contributed by atoms with E-state index < -0.39 is 0 Å². The van der Waals surface area contributed by atoms with Gasteiger partial charge in [0.05, 0.1) is 11.9 Å². The Morgan fingerprint density at radius 3 is 2.39 bits per heavy atom. The van der Waals surface area contributed by atoms with Crippen LogP contribution in [0.2, 0.25) is 0 Å². The number of terminal acetylenes is 1. The van der Waals surface area contributed by atoms with Gasteiger partial charge in [-0.25, -0.2) is 4.85 Å². The molecule has 0 aromatic carbocycles. The monoisotopic (exact) mass is 310 g/mol. The summed E-state index contributed by atoms with van der Waals surface area (Å²) in [6.07, 6.45) is 8.59. The first-order valence-corrected chi connectivity index (χ1v) is 6.99. The highest BCUT2D eigenvalue weighted by atomic mass is 79.9. The first-order valence-electron chi connectivity index (χ1n) is 5.87. The van der Waals surface area contributed by atoms with E-state index in [1.165, 1.54) is 5.57 Å². The highest BCUT2D eigenvalue weighted by Crippen LogP contribution is 2.26. The maximum Gasteiger partial charge on any atom is 0.217 e. The molecule has 0 aliphatic heterocycles. The first-order chi connectivity index (χ1) is 8.54. The molecule has 1 fully saturated rings. The maximum atomic E-state index is 10.8. The van der Waals surface area contributed by atoms with Gasteiger partial charge in [0.2, 0.25) is 5.91 Å². The van der Waals surface area contributed by atoms with Crippen molar-refractivity contribution in [3.63, 3.8) is 0 Å². The number of carbonyl (C=O) groups is 1. The van der Waals surface area contributed by atoms with E-state index in [1.54, 1.807) is 6.92 Å². The van der Waals surface area contributed by atoms with Gasteiger partial charge in [-0.05, 0) is 32.6 Å². The number of alkyl halides is 1. The molecule has 4 heteroatoms. The van der Waals surface area contributed by atoms with E-state index in [9.17, 15) is 4.79 Å². The number of nitrogens with zero attached hydrogens (tertiary/aromatic N) is 1. The van der Waals surface area contributed by atoms with Crippen LogP contribution in [0.15, 0.2) is 11.3 Å². The fourth-order valence-corrected chi connectivity index (χ4v) is 1.84. The zero-order valence-corrected chi connectivity index (χ0v) is 12.5. The number of amides is 1. The molecule has 0 atom stereocenters. The van der Waals surface area contributed by atoms with Gasteiger partial charge in [-0.2, -0.15) is 0 Å². The van der Waals surface area contributed by atoms with E-state index in [-0.39, 0.29) is 5.91 Å². The molecule has 1 aliphatic rings. The molecule has 1 saturated carbocycles. The molecule has 18 heavy (non-hydrogen) atoms. The average Bonchev–Trinajstić information content (AvgIpc) is 2.38. The average molecular weight is 311 g/mol. The van der Waals surface area contributed by atoms with Crippen LogP contribution in [-0.2, 0) is 4.79 Å². The van der Waals surface area contributed by atoms with E-state index >= 15 is 0 Å². The van der Waals surface area contributed by atoms with Crippen molar-refractivity contribution < 1.29 is 4.79 Å². The van der Waals surface area contributed by atoms with Crippen LogP contribution in [0.4, 0.5) is 0 Å². The van der Waals surface area contributed by atoms with Gasteiger partial charge in [0, 0.05) is 13.0 Å². The summed E-state index contributed by atoms with van der Waals surface area (Å²) in [5.74, 6) is 2.39. The van der Waals surface area contributed by atoms with E-state index in [4.69, 9.17) is 13.0 Å². The Labute approximate surface area is 118 Å². The quantitative estimate of drug-likeness (QED) is 0.450. The Morgan fingerprint density at radius 2 is 2.06 bits per heavy atom. The molecular formula is C14H19BrN2O. The third-order valence-corrected chi connectivity index (χ3v) is 3.08. The lowest BCUT2D eigenvalue weighted by Gasteiger charge is -2.24. The summed E-state index contributed by atoms with van der Waals surface area (Å²) in [4.78, 5) is 14.3. The minimum Gasteiger partial charge on any atom is -0.354 e. The minimum absolute atomic E-state index is 0.0457. The minimum atomic E-state index is 0.0457. The molecule has 0 saturated heterocycles. The predicted molar refractivity (Wildman–Crippen MR) is 78.0 cm³/mol. The molecule has 0 spiro atoms. The molecule has 0 radical (unpaired) electrons. The molecule has 0 unspecified atom stereocenters. The number of allylic oxidation sites excluding steroid dienone is 2. The third kappa shape index (κ3) is 7.14. The summed E-state index contributed by atoms with van der Waals surface area (Å²) < 4.78 is 0. The Balaban J connectivity index is 0.000000631. The van der Waals surface area contributed by atoms with Gasteiger partial charge in [0.1, 0.15) is 0 Å². The zero-order valence-electron chi connectivity index (χ0n) is 10.9. The number of nitrogens with one attached hydrogen (secondary N) is 1. The van der Waals surface area contributed by atoms with E-state index in [0.29, 0.717) is 11.4 Å². The third-order valence-electron chi connectivity index (χ3n) is 2.75. The van der Waals surface area contributed by atoms with Gasteiger partial charge in [0.15, 0.2) is 5.70 Å². The van der Waals surface area contributed by atoms with Crippen molar-refractivity contribution in [3.05, 3.63) is 22.7 Å². The summed E-state index contributed by atoms with van der Waals surface area (Å²) in [6, 6.07) is 0.315. The van der Waals surface area contributed by atoms with Crippen LogP contribution in [-0.4, -0.2) is 17.3 Å². The lowest BCUT2D eigenvalue weighted by molar-refractivity contribution is -0.119. The van der Waals surface area contributed by atoms with Crippen molar-refractivity contribution in [1.82, 2.24) is 5.32 Å². The van der Waals surface area contributed by atoms with Gasteiger partial charge < -0.3 is 5.32 Å². The van der Waals surface area contributed by atoms with E-state index in [1.807, 2.05) is 6.92 Å². The van der Waals surface area contributed by atoms with Gasteiger partial charge in [-0.3, -0.25) is 4.79 Å². The van der Waals surface area contributed by atoms with Gasteiger partial charge in [0.25, 0.3) is 0 Å². The Kier molecular flexibility index (Phi) is 9.06. The van der Waals surface area contributed by atoms with Crippen molar-refractivity contribution in [2.24, 2.45) is 0 Å². The topological polar surface area (TPSA) is 33.5 Å². The van der Waals surface area contributed by atoms with Gasteiger partial charge in [-0.1, -0.05) is 27.4 Å². The van der Waals surface area contributed by atoms with E-state index in [2.05, 4.69) is 32.0 Å². The second-order valence-corrected chi connectivity index (χ2v) is 4.67. The number of rotatable bonds is 1. The van der Waals surface area contributed by atoms with Crippen molar-refractivity contribution in [1.29, 1.82) is 0 Å². The molecule has 3 nitrogen and oxygen atoms in total. The Bertz CT molecular complexity index is 378. The fourth-order valence-electron chi connectivity index (χ4n) is 1.84. The predicted octanol–water partition coefficient (Wildman–Crippen LogP) is 3.27. The van der Waals surface area contributed by atoms with Crippen molar-refractivity contribution in [2.75, 3.05) is 5.33 Å². The normalized spacial score (nSPS) is 17.6. The Morgan fingerprint density at radius 1 is 1.56 bits per heavy atom. The zero-order chi connectivity index (χ0) is 14.0. The van der Waals surface area contributed by atoms with Crippen LogP contribution in [0.25, 0.3) is 4.85 Å². The number of hydrogen-bond acceptors (Lipinski definition) is 1. The van der Waals surface area contributed by atoms with E-state index in [0.717, 1.165) is 31.4 Å². The smallest absolute Gasteiger partial charge is 0.217 e. The first kappa shape index (κ1) is 16.7. The van der Waals surface area contributed by atoms with Crippen LogP contribution >= 0.6 is 15.9 Å². The molecular weight excluding hydrogens is 292 g/mol. The SMILES string of the molecule is C#CCBr.[C-]#[N+]C(C)=C1CCC(NC(C)=O)CC1. The summed E-state index contributed by atoms with van der Waals surface area (Å²) in [5.41, 5.74) is 2.10. The molecule has 1 N–H and O–H groups in total. The fraction of sp³-hybridized carbons (Fsp3) is 0.571. The number of halogens is 1. The summed E-state index contributed by atoms with van der Waals surface area (Å²) >= 11 is 3.01. The standard InChI is InChI=1S/C11H16N2O.C3H3Br/c1-8(12-3)10-4-6-11(7-5-10)13-9(2)14;1-2-3-4/h11H,4-7H2,1-2H3,(H,13,14);1H,3H2. The van der Waals surface area contributed by atoms with Crippen LogP contribution in [0.3, 0.4) is 0 Å². The van der Waals surface area contributed by atoms with Crippen LogP contribution in [0.5, 0.6) is 0 Å². The molecule has 1 aliphatic carbocycles. The molecule has 1 amide bonds. The highest BCUT2D eigenvalue weighted by Gasteiger charge is 2.18. The molecule has 0 heterocycles. The molecule has 1 rings (SSSR count). The lowest BCUT2D eigenvalue weighted by Crippen LogP contribution is -2.34. The number of carbonyl (C=O) groups excluding carboxylic acids is 1. The van der Waals surface area contributed by atoms with Crippen molar-refractivity contribution >= 4 is 21.8 Å². The molecule has 98 valence electrons. The highest BCUT2D eigenvalue weighted by molar-refractivity contribution is 9.09. The second-order valence-electron chi connectivity index (χ2n) is 4.11. The maximum absolute atomic E-state index is 10.8. The van der Waals surface area contributed by atoms with Crippen LogP contribution in [0.1, 0.15) is 39.5 Å². The Hall–Kier alpha value is -1.26.